The summed E-state index contributed by atoms with van der Waals surface area (Å²) in [6, 6.07) is 7.11. The van der Waals surface area contributed by atoms with E-state index in [9.17, 15) is 4.79 Å². The highest BCUT2D eigenvalue weighted by Crippen LogP contribution is 2.14. The maximum atomic E-state index is 11.3. The molecule has 3 nitrogen and oxygen atoms in total. The van der Waals surface area contributed by atoms with Crippen molar-refractivity contribution in [2.75, 3.05) is 13.7 Å². The fraction of sp³-hybridized carbons (Fsp3) is 0.632. The highest BCUT2D eigenvalue weighted by molar-refractivity contribution is 5.89. The Labute approximate surface area is 135 Å². The number of hydrogen-bond acceptors (Lipinski definition) is 3. The van der Waals surface area contributed by atoms with E-state index in [-0.39, 0.29) is 5.97 Å². The fourth-order valence-corrected chi connectivity index (χ4v) is 2.41. The molecule has 1 rings (SSSR count). The minimum atomic E-state index is -0.314. The van der Waals surface area contributed by atoms with Gasteiger partial charge in [-0.3, -0.25) is 0 Å². The van der Waals surface area contributed by atoms with Crippen molar-refractivity contribution in [3.05, 3.63) is 29.8 Å². The van der Waals surface area contributed by atoms with Crippen molar-refractivity contribution in [2.24, 2.45) is 0 Å². The molecule has 0 spiro atoms. The molecule has 0 atom stereocenters. The molecule has 0 amide bonds. The number of hydrogen-bond donors (Lipinski definition) is 0. The second-order valence-corrected chi connectivity index (χ2v) is 5.69. The maximum absolute atomic E-state index is 11.3. The first kappa shape index (κ1) is 18.5. The number of carbonyl (C=O) groups is 1. The first-order valence-corrected chi connectivity index (χ1v) is 8.59. The fourth-order valence-electron chi connectivity index (χ4n) is 2.41. The molecule has 0 heterocycles. The van der Waals surface area contributed by atoms with E-state index in [1.807, 2.05) is 12.1 Å². The third-order valence-electron chi connectivity index (χ3n) is 3.79. The molecule has 0 aliphatic heterocycles. The van der Waals surface area contributed by atoms with Crippen LogP contribution in [0, 0.1) is 0 Å². The summed E-state index contributed by atoms with van der Waals surface area (Å²) in [5.41, 5.74) is 0.554. The van der Waals surface area contributed by atoms with E-state index in [1.54, 1.807) is 12.1 Å². The molecule has 0 aromatic heterocycles. The van der Waals surface area contributed by atoms with Crippen LogP contribution in [0.15, 0.2) is 24.3 Å². The Hall–Kier alpha value is -1.51. The van der Waals surface area contributed by atoms with E-state index in [2.05, 4.69) is 11.7 Å². The molecule has 22 heavy (non-hydrogen) atoms. The van der Waals surface area contributed by atoms with Crippen LogP contribution in [0.4, 0.5) is 0 Å². The van der Waals surface area contributed by atoms with Crippen LogP contribution in [0.5, 0.6) is 5.75 Å². The van der Waals surface area contributed by atoms with Crippen molar-refractivity contribution in [3.8, 4) is 5.75 Å². The highest BCUT2D eigenvalue weighted by atomic mass is 16.5. The zero-order valence-corrected chi connectivity index (χ0v) is 14.1. The molecule has 0 unspecified atom stereocenters. The van der Waals surface area contributed by atoms with Gasteiger partial charge >= 0.3 is 5.97 Å². The predicted octanol–water partition coefficient (Wildman–Crippen LogP) is 5.38. The van der Waals surface area contributed by atoms with Crippen molar-refractivity contribution in [3.63, 3.8) is 0 Å². The third kappa shape index (κ3) is 8.06. The number of unbranched alkanes of at least 4 members (excludes halogenated alkanes) is 8. The van der Waals surface area contributed by atoms with Gasteiger partial charge in [-0.2, -0.15) is 0 Å². The van der Waals surface area contributed by atoms with Gasteiger partial charge in [0.25, 0.3) is 0 Å². The second kappa shape index (κ2) is 12.1. The second-order valence-electron chi connectivity index (χ2n) is 5.69. The minimum absolute atomic E-state index is 0.314. The topological polar surface area (TPSA) is 35.5 Å². The van der Waals surface area contributed by atoms with Crippen molar-refractivity contribution in [1.82, 2.24) is 0 Å². The summed E-state index contributed by atoms with van der Waals surface area (Å²) in [6.07, 6.45) is 11.8. The summed E-state index contributed by atoms with van der Waals surface area (Å²) in [4.78, 5) is 11.3. The first-order chi connectivity index (χ1) is 10.8. The smallest absolute Gasteiger partial charge is 0.337 e. The van der Waals surface area contributed by atoms with E-state index in [1.165, 1.54) is 58.5 Å². The summed E-state index contributed by atoms with van der Waals surface area (Å²) < 4.78 is 10.3. The van der Waals surface area contributed by atoms with Gasteiger partial charge in [-0.05, 0) is 30.7 Å². The van der Waals surface area contributed by atoms with Crippen LogP contribution in [0.1, 0.15) is 75.1 Å². The Morgan fingerprint density at radius 3 is 1.95 bits per heavy atom. The molecule has 0 saturated carbocycles. The number of rotatable bonds is 12. The van der Waals surface area contributed by atoms with Gasteiger partial charge in [0.15, 0.2) is 0 Å². The van der Waals surface area contributed by atoms with Crippen LogP contribution < -0.4 is 4.74 Å². The van der Waals surface area contributed by atoms with Crippen molar-refractivity contribution in [1.29, 1.82) is 0 Å². The van der Waals surface area contributed by atoms with Gasteiger partial charge in [-0.15, -0.1) is 0 Å². The molecule has 124 valence electrons. The standard InChI is InChI=1S/C19H30O3/c1-3-4-5-6-7-8-9-10-11-16-22-18-14-12-17(13-15-18)19(20)21-2/h12-15H,3-11,16H2,1-2H3. The van der Waals surface area contributed by atoms with E-state index in [0.29, 0.717) is 5.56 Å². The average Bonchev–Trinajstić information content (AvgIpc) is 2.56. The summed E-state index contributed by atoms with van der Waals surface area (Å²) in [5.74, 6) is 0.498. The maximum Gasteiger partial charge on any atom is 0.337 e. The van der Waals surface area contributed by atoms with Gasteiger partial charge in [0.05, 0.1) is 19.3 Å². The van der Waals surface area contributed by atoms with E-state index >= 15 is 0 Å². The lowest BCUT2D eigenvalue weighted by Gasteiger charge is -2.07. The number of benzene rings is 1. The van der Waals surface area contributed by atoms with E-state index < -0.39 is 0 Å². The Balaban J connectivity index is 2.01. The molecule has 0 saturated heterocycles. The molecular formula is C19H30O3. The summed E-state index contributed by atoms with van der Waals surface area (Å²) in [6.45, 7) is 3.00. The Bertz CT molecular complexity index is 398. The van der Waals surface area contributed by atoms with Crippen molar-refractivity contribution < 1.29 is 14.3 Å². The largest absolute Gasteiger partial charge is 0.494 e. The average molecular weight is 306 g/mol. The summed E-state index contributed by atoms with van der Waals surface area (Å²) in [5, 5.41) is 0. The molecule has 0 aliphatic rings. The SMILES string of the molecule is CCCCCCCCCCCOc1ccc(C(=O)OC)cc1. The Morgan fingerprint density at radius 1 is 0.864 bits per heavy atom. The Kier molecular flexibility index (Phi) is 10.2. The van der Waals surface area contributed by atoms with Gasteiger partial charge < -0.3 is 9.47 Å². The molecule has 0 radical (unpaired) electrons. The Morgan fingerprint density at radius 2 is 1.41 bits per heavy atom. The van der Waals surface area contributed by atoms with Crippen LogP contribution in [0.25, 0.3) is 0 Å². The zero-order chi connectivity index (χ0) is 16.0. The highest BCUT2D eigenvalue weighted by Gasteiger charge is 2.04. The number of carbonyl (C=O) groups excluding carboxylic acids is 1. The van der Waals surface area contributed by atoms with Gasteiger partial charge in [-0.1, -0.05) is 58.3 Å². The molecule has 0 bridgehead atoms. The van der Waals surface area contributed by atoms with Crippen LogP contribution in [0.2, 0.25) is 0 Å². The van der Waals surface area contributed by atoms with Crippen LogP contribution in [-0.2, 0) is 4.74 Å². The van der Waals surface area contributed by atoms with Gasteiger partial charge in [0.1, 0.15) is 5.75 Å². The summed E-state index contributed by atoms with van der Waals surface area (Å²) in [7, 11) is 1.39. The minimum Gasteiger partial charge on any atom is -0.494 e. The van der Waals surface area contributed by atoms with E-state index in [4.69, 9.17) is 4.74 Å². The van der Waals surface area contributed by atoms with Gasteiger partial charge in [-0.25, -0.2) is 4.79 Å². The van der Waals surface area contributed by atoms with Gasteiger partial charge in [0.2, 0.25) is 0 Å². The molecule has 1 aromatic carbocycles. The predicted molar refractivity (Wildman–Crippen MR) is 90.5 cm³/mol. The van der Waals surface area contributed by atoms with Crippen molar-refractivity contribution in [2.45, 2.75) is 64.7 Å². The summed E-state index contributed by atoms with van der Waals surface area (Å²) >= 11 is 0. The van der Waals surface area contributed by atoms with Crippen LogP contribution in [-0.4, -0.2) is 19.7 Å². The number of methoxy groups -OCH3 is 1. The lowest BCUT2D eigenvalue weighted by atomic mass is 10.1. The normalized spacial score (nSPS) is 10.5. The quantitative estimate of drug-likeness (QED) is 0.384. The molecule has 3 heteroatoms. The lowest BCUT2D eigenvalue weighted by Crippen LogP contribution is -2.01. The third-order valence-corrected chi connectivity index (χ3v) is 3.79. The molecule has 0 fully saturated rings. The van der Waals surface area contributed by atoms with E-state index in [0.717, 1.165) is 18.8 Å². The molecular weight excluding hydrogens is 276 g/mol. The first-order valence-electron chi connectivity index (χ1n) is 8.59. The molecule has 0 aliphatic carbocycles. The monoisotopic (exact) mass is 306 g/mol. The van der Waals surface area contributed by atoms with Crippen LogP contribution in [0.3, 0.4) is 0 Å². The van der Waals surface area contributed by atoms with Gasteiger partial charge in [0, 0.05) is 0 Å². The molecule has 1 aromatic rings. The number of esters is 1. The lowest BCUT2D eigenvalue weighted by molar-refractivity contribution is 0.0600. The number of ether oxygens (including phenoxy) is 2. The van der Waals surface area contributed by atoms with Crippen LogP contribution >= 0.6 is 0 Å². The zero-order valence-electron chi connectivity index (χ0n) is 14.1. The molecule has 0 N–H and O–H groups in total. The van der Waals surface area contributed by atoms with Crippen molar-refractivity contribution >= 4 is 5.97 Å².